The summed E-state index contributed by atoms with van der Waals surface area (Å²) in [6.07, 6.45) is 0.768. The molecule has 0 spiro atoms. The van der Waals surface area contributed by atoms with Crippen LogP contribution in [0.4, 0.5) is 4.39 Å². The number of hydrogen-bond donors (Lipinski definition) is 0. The van der Waals surface area contributed by atoms with Crippen LogP contribution in [0, 0.1) is 5.82 Å². The van der Waals surface area contributed by atoms with Crippen molar-refractivity contribution in [2.45, 2.75) is 18.7 Å². The Hall–Kier alpha value is -0.930. The third-order valence-corrected chi connectivity index (χ3v) is 2.34. The van der Waals surface area contributed by atoms with Gasteiger partial charge < -0.3 is 0 Å². The average molecular weight is 265 g/mol. The zero-order valence-corrected chi connectivity index (χ0v) is 9.98. The molecule has 0 bridgehead atoms. The van der Waals surface area contributed by atoms with Gasteiger partial charge in [-0.1, -0.05) is 12.1 Å². The van der Waals surface area contributed by atoms with Crippen molar-refractivity contribution >= 4 is 36.1 Å². The van der Waals surface area contributed by atoms with Gasteiger partial charge >= 0.3 is 0 Å². The molecule has 0 amide bonds. The monoisotopic (exact) mass is 264 g/mol. The first-order valence-corrected chi connectivity index (χ1v) is 5.02. The van der Waals surface area contributed by atoms with E-state index in [2.05, 4.69) is 0 Å². The Labute approximate surface area is 104 Å². The van der Waals surface area contributed by atoms with Gasteiger partial charge in [-0.3, -0.25) is 9.59 Å². The van der Waals surface area contributed by atoms with E-state index in [1.54, 1.807) is 12.1 Å². The predicted octanol–water partition coefficient (Wildman–Crippen LogP) is 2.69. The molecule has 0 saturated carbocycles. The SMILES string of the molecule is Cl.O=CC(=O)CCc1ccc(CCl)c(F)c1. The maximum Gasteiger partial charge on any atom is 0.195 e. The third-order valence-electron chi connectivity index (χ3n) is 2.05. The maximum absolute atomic E-state index is 13.2. The van der Waals surface area contributed by atoms with Crippen molar-refractivity contribution in [3.05, 3.63) is 35.1 Å². The number of carbonyl (C=O) groups is 2. The average Bonchev–Trinajstić information content (AvgIpc) is 2.26. The van der Waals surface area contributed by atoms with E-state index in [9.17, 15) is 14.0 Å². The third kappa shape index (κ3) is 4.29. The summed E-state index contributed by atoms with van der Waals surface area (Å²) in [6.45, 7) is 0. The van der Waals surface area contributed by atoms with Crippen molar-refractivity contribution in [1.82, 2.24) is 0 Å². The minimum absolute atomic E-state index is 0. The standard InChI is InChI=1S/C11H10ClFO2.ClH/c12-6-9-3-1-8(5-11(9)13)2-4-10(15)7-14;/h1,3,5,7H,2,4,6H2;1H. The number of aldehydes is 1. The molecular weight excluding hydrogens is 254 g/mol. The van der Waals surface area contributed by atoms with Crippen LogP contribution in [-0.2, 0) is 21.9 Å². The van der Waals surface area contributed by atoms with Gasteiger partial charge in [-0.15, -0.1) is 24.0 Å². The van der Waals surface area contributed by atoms with Crippen LogP contribution >= 0.6 is 24.0 Å². The van der Waals surface area contributed by atoms with E-state index in [1.165, 1.54) is 6.07 Å². The molecule has 0 heterocycles. The summed E-state index contributed by atoms with van der Waals surface area (Å²) < 4.78 is 13.2. The van der Waals surface area contributed by atoms with Crippen LogP contribution in [-0.4, -0.2) is 12.1 Å². The summed E-state index contributed by atoms with van der Waals surface area (Å²) in [4.78, 5) is 20.8. The van der Waals surface area contributed by atoms with E-state index in [0.717, 1.165) is 0 Å². The maximum atomic E-state index is 13.2. The van der Waals surface area contributed by atoms with E-state index in [-0.39, 0.29) is 36.8 Å². The Bertz CT molecular complexity index is 380. The molecule has 1 aromatic carbocycles. The van der Waals surface area contributed by atoms with Crippen LogP contribution in [0.5, 0.6) is 0 Å². The number of rotatable bonds is 5. The van der Waals surface area contributed by atoms with E-state index in [4.69, 9.17) is 11.6 Å². The highest BCUT2D eigenvalue weighted by atomic mass is 35.5. The summed E-state index contributed by atoms with van der Waals surface area (Å²) in [5, 5.41) is 0. The summed E-state index contributed by atoms with van der Waals surface area (Å²) in [5.74, 6) is -0.725. The number of Topliss-reactive ketones (excluding diaryl/α,β-unsaturated/α-hetero) is 1. The fourth-order valence-corrected chi connectivity index (χ4v) is 1.40. The zero-order chi connectivity index (χ0) is 11.3. The first-order valence-electron chi connectivity index (χ1n) is 4.48. The molecule has 0 saturated heterocycles. The first kappa shape index (κ1) is 15.1. The van der Waals surface area contributed by atoms with Crippen molar-refractivity contribution in [3.63, 3.8) is 0 Å². The van der Waals surface area contributed by atoms with Gasteiger partial charge in [0.2, 0.25) is 0 Å². The number of hydrogen-bond acceptors (Lipinski definition) is 2. The quantitative estimate of drug-likeness (QED) is 0.466. The summed E-state index contributed by atoms with van der Waals surface area (Å²) in [7, 11) is 0. The Kier molecular flexibility index (Phi) is 6.93. The van der Waals surface area contributed by atoms with Gasteiger partial charge in [0.05, 0.1) is 5.88 Å². The molecule has 0 unspecified atom stereocenters. The largest absolute Gasteiger partial charge is 0.295 e. The molecular formula is C11H11Cl2FO2. The lowest BCUT2D eigenvalue weighted by Crippen LogP contribution is -2.01. The number of ketones is 1. The molecule has 1 rings (SSSR count). The number of alkyl halides is 1. The number of carbonyl (C=O) groups excluding carboxylic acids is 2. The van der Waals surface area contributed by atoms with Gasteiger partial charge in [-0.05, 0) is 18.1 Å². The molecule has 1 aromatic rings. The molecule has 0 N–H and O–H groups in total. The van der Waals surface area contributed by atoms with Crippen molar-refractivity contribution in [3.8, 4) is 0 Å². The zero-order valence-electron chi connectivity index (χ0n) is 8.41. The second-order valence-corrected chi connectivity index (χ2v) is 3.41. The van der Waals surface area contributed by atoms with Crippen LogP contribution < -0.4 is 0 Å². The highest BCUT2D eigenvalue weighted by molar-refractivity contribution is 6.24. The van der Waals surface area contributed by atoms with E-state index >= 15 is 0 Å². The van der Waals surface area contributed by atoms with Gasteiger partial charge in [0.15, 0.2) is 12.1 Å². The molecule has 0 atom stereocenters. The van der Waals surface area contributed by atoms with Gasteiger partial charge in [-0.2, -0.15) is 0 Å². The molecule has 88 valence electrons. The van der Waals surface area contributed by atoms with E-state index in [0.29, 0.717) is 17.5 Å². The topological polar surface area (TPSA) is 34.1 Å². The number of halogens is 3. The molecule has 0 aliphatic carbocycles. The van der Waals surface area contributed by atoms with Gasteiger partial charge in [0.1, 0.15) is 5.82 Å². The molecule has 0 aliphatic heterocycles. The molecule has 0 radical (unpaired) electrons. The number of aryl methyl sites for hydroxylation is 1. The van der Waals surface area contributed by atoms with Crippen LogP contribution in [0.2, 0.25) is 0 Å². The molecule has 0 fully saturated rings. The van der Waals surface area contributed by atoms with Crippen LogP contribution in [0.15, 0.2) is 18.2 Å². The second-order valence-electron chi connectivity index (χ2n) is 3.14. The number of benzene rings is 1. The predicted molar refractivity (Wildman–Crippen MR) is 62.6 cm³/mol. The molecule has 0 aliphatic rings. The molecule has 2 nitrogen and oxygen atoms in total. The summed E-state index contributed by atoms with van der Waals surface area (Å²) in [6, 6.07) is 4.64. The van der Waals surface area contributed by atoms with Gasteiger partial charge in [0, 0.05) is 12.0 Å². The molecule has 16 heavy (non-hydrogen) atoms. The molecule has 0 aromatic heterocycles. The first-order chi connectivity index (χ1) is 7.17. The summed E-state index contributed by atoms with van der Waals surface area (Å²) >= 11 is 5.49. The Morgan fingerprint density at radius 2 is 2.12 bits per heavy atom. The smallest absolute Gasteiger partial charge is 0.195 e. The van der Waals surface area contributed by atoms with E-state index in [1.807, 2.05) is 0 Å². The lowest BCUT2D eigenvalue weighted by atomic mass is 10.1. The van der Waals surface area contributed by atoms with Gasteiger partial charge in [-0.25, -0.2) is 4.39 Å². The fraction of sp³-hybridized carbons (Fsp3) is 0.273. The highest BCUT2D eigenvalue weighted by Crippen LogP contribution is 2.13. The van der Waals surface area contributed by atoms with Crippen molar-refractivity contribution in [1.29, 1.82) is 0 Å². The Morgan fingerprint density at radius 3 is 2.62 bits per heavy atom. The Morgan fingerprint density at radius 1 is 1.44 bits per heavy atom. The van der Waals surface area contributed by atoms with E-state index < -0.39 is 5.78 Å². The molecule has 5 heteroatoms. The van der Waals surface area contributed by atoms with Crippen molar-refractivity contribution in [2.75, 3.05) is 0 Å². The van der Waals surface area contributed by atoms with Crippen LogP contribution in [0.3, 0.4) is 0 Å². The van der Waals surface area contributed by atoms with Gasteiger partial charge in [0.25, 0.3) is 0 Å². The van der Waals surface area contributed by atoms with Crippen molar-refractivity contribution in [2.24, 2.45) is 0 Å². The van der Waals surface area contributed by atoms with Crippen LogP contribution in [0.25, 0.3) is 0 Å². The minimum atomic E-state index is -0.475. The second kappa shape index (κ2) is 7.36. The fourth-order valence-electron chi connectivity index (χ4n) is 1.18. The van der Waals surface area contributed by atoms with Crippen LogP contribution in [0.1, 0.15) is 17.5 Å². The normalized spacial score (nSPS) is 9.38. The lowest BCUT2D eigenvalue weighted by Gasteiger charge is -2.02. The highest BCUT2D eigenvalue weighted by Gasteiger charge is 2.04. The summed E-state index contributed by atoms with van der Waals surface area (Å²) in [5.41, 5.74) is 1.12. The van der Waals surface area contributed by atoms with Crippen molar-refractivity contribution < 1.29 is 14.0 Å². The lowest BCUT2D eigenvalue weighted by molar-refractivity contribution is -0.129. The Balaban J connectivity index is 0.00000225. The minimum Gasteiger partial charge on any atom is -0.295 e.